The normalized spacial score (nSPS) is 20.1. The van der Waals surface area contributed by atoms with Crippen LogP contribution < -0.4 is 10.2 Å². The number of aliphatic hydroxyl groups is 1. The highest BCUT2D eigenvalue weighted by atomic mass is 19.4. The van der Waals surface area contributed by atoms with Gasteiger partial charge in [-0.2, -0.15) is 18.4 Å². The summed E-state index contributed by atoms with van der Waals surface area (Å²) >= 11 is 0. The third-order valence-corrected chi connectivity index (χ3v) is 4.52. The number of ether oxygens (including phenoxy) is 1. The van der Waals surface area contributed by atoms with Gasteiger partial charge in [-0.3, -0.25) is 14.8 Å². The van der Waals surface area contributed by atoms with Crippen molar-refractivity contribution < 1.29 is 27.8 Å². The number of carbonyl (C=O) groups excluding carboxylic acids is 1. The van der Waals surface area contributed by atoms with Crippen molar-refractivity contribution in [1.29, 1.82) is 5.26 Å². The second-order valence-electron chi connectivity index (χ2n) is 7.59. The summed E-state index contributed by atoms with van der Waals surface area (Å²) in [6.45, 7) is 2.06. The van der Waals surface area contributed by atoms with Gasteiger partial charge in [-0.05, 0) is 26.0 Å². The summed E-state index contributed by atoms with van der Waals surface area (Å²) < 4.78 is 45.5. The van der Waals surface area contributed by atoms with Crippen molar-refractivity contribution in [3.05, 3.63) is 30.1 Å². The number of alkyl halides is 3. The topological polar surface area (TPSA) is 111 Å². The molecule has 2 unspecified atom stereocenters. The second kappa shape index (κ2) is 8.04. The summed E-state index contributed by atoms with van der Waals surface area (Å²) in [5.41, 5.74) is -0.158. The molecule has 8 nitrogen and oxygen atoms in total. The number of benzene rings is 1. The lowest BCUT2D eigenvalue weighted by Gasteiger charge is -2.39. The van der Waals surface area contributed by atoms with Crippen LogP contribution in [0.2, 0.25) is 0 Å². The van der Waals surface area contributed by atoms with E-state index in [9.17, 15) is 28.3 Å². The molecular weight excluding hydrogens is 403 g/mol. The molecule has 1 saturated heterocycles. The molecule has 2 heterocycles. The van der Waals surface area contributed by atoms with Crippen LogP contribution in [-0.2, 0) is 9.53 Å². The maximum atomic E-state index is 13.5. The molecule has 3 rings (SSSR count). The van der Waals surface area contributed by atoms with Crippen molar-refractivity contribution >= 4 is 22.6 Å². The third-order valence-electron chi connectivity index (χ3n) is 4.52. The second-order valence-corrected chi connectivity index (χ2v) is 7.59. The molecule has 160 valence electrons. The van der Waals surface area contributed by atoms with Crippen molar-refractivity contribution in [3.8, 4) is 6.07 Å². The van der Waals surface area contributed by atoms with Crippen LogP contribution >= 0.6 is 0 Å². The monoisotopic (exact) mass is 423 g/mol. The number of halogens is 3. The summed E-state index contributed by atoms with van der Waals surface area (Å²) in [7, 11) is 0. The first-order valence-corrected chi connectivity index (χ1v) is 9.10. The van der Waals surface area contributed by atoms with Crippen LogP contribution in [0.3, 0.4) is 0 Å². The van der Waals surface area contributed by atoms with Gasteiger partial charge in [-0.1, -0.05) is 0 Å². The number of nitriles is 1. The first-order chi connectivity index (χ1) is 14.0. The molecule has 30 heavy (non-hydrogen) atoms. The van der Waals surface area contributed by atoms with Crippen molar-refractivity contribution in [2.45, 2.75) is 37.8 Å². The fourth-order valence-electron chi connectivity index (χ4n) is 3.09. The minimum Gasteiger partial charge on any atom is -0.389 e. The quantitative estimate of drug-likeness (QED) is 0.767. The number of amides is 1. The Morgan fingerprint density at radius 2 is 1.97 bits per heavy atom. The van der Waals surface area contributed by atoms with Gasteiger partial charge < -0.3 is 20.1 Å². The minimum absolute atomic E-state index is 0.145. The highest BCUT2D eigenvalue weighted by molar-refractivity contribution is 5.92. The molecule has 2 atom stereocenters. The summed E-state index contributed by atoms with van der Waals surface area (Å²) in [5.74, 6) is -0.764. The highest BCUT2D eigenvalue weighted by Gasteiger charge is 2.47. The molecule has 1 aliphatic rings. The molecule has 1 amide bonds. The number of nitrogens with zero attached hydrogens (tertiary/aromatic N) is 4. The van der Waals surface area contributed by atoms with Crippen molar-refractivity contribution in [2.75, 3.05) is 24.5 Å². The van der Waals surface area contributed by atoms with Crippen molar-refractivity contribution in [3.63, 3.8) is 0 Å². The van der Waals surface area contributed by atoms with Crippen LogP contribution in [0, 0.1) is 11.3 Å². The number of rotatable bonds is 4. The number of nitrogens with one attached hydrogen (secondary N) is 1. The zero-order chi connectivity index (χ0) is 22.1. The van der Waals surface area contributed by atoms with Gasteiger partial charge in [0.2, 0.25) is 0 Å². The molecule has 1 aromatic carbocycles. The number of aromatic nitrogens is 2. The van der Waals surface area contributed by atoms with Crippen LogP contribution in [0.5, 0.6) is 0 Å². The van der Waals surface area contributed by atoms with Gasteiger partial charge in [0, 0.05) is 18.9 Å². The van der Waals surface area contributed by atoms with Crippen LogP contribution in [-0.4, -0.2) is 64.6 Å². The van der Waals surface area contributed by atoms with Gasteiger partial charge >= 0.3 is 6.18 Å². The molecule has 0 radical (unpaired) electrons. The fraction of sp³-hybridized carbons (Fsp3) is 0.474. The Morgan fingerprint density at radius 1 is 1.30 bits per heavy atom. The number of fused-ring (bicyclic) bond motifs is 1. The Balaban J connectivity index is 1.95. The molecule has 0 saturated carbocycles. The Morgan fingerprint density at radius 3 is 2.57 bits per heavy atom. The van der Waals surface area contributed by atoms with Crippen LogP contribution in [0.15, 0.2) is 24.5 Å². The van der Waals surface area contributed by atoms with Gasteiger partial charge in [0.15, 0.2) is 12.2 Å². The van der Waals surface area contributed by atoms with Gasteiger partial charge in [0.05, 0.1) is 29.9 Å². The third kappa shape index (κ3) is 4.77. The average molecular weight is 423 g/mol. The van der Waals surface area contributed by atoms with E-state index in [1.807, 2.05) is 6.07 Å². The molecule has 1 fully saturated rings. The molecule has 0 spiro atoms. The van der Waals surface area contributed by atoms with Gasteiger partial charge in [0.25, 0.3) is 5.91 Å². The standard InChI is InChI=1S/C19H20F3N5O3/c1-18(2,29)10-26-17(28)13-8-27(9-14(30-13)19(20,21)22)12-4-3-11(7-23)15-16(12)25-6-5-24-15/h3-6,13-14,29H,8-10H2,1-2H3,(H,26,28). The molecule has 11 heteroatoms. The van der Waals surface area contributed by atoms with Crippen LogP contribution in [0.25, 0.3) is 11.0 Å². The van der Waals surface area contributed by atoms with Crippen LogP contribution in [0.4, 0.5) is 18.9 Å². The molecule has 0 bridgehead atoms. The van der Waals surface area contributed by atoms with Gasteiger partial charge in [0.1, 0.15) is 17.1 Å². The molecule has 1 aliphatic heterocycles. The lowest BCUT2D eigenvalue weighted by Crippen LogP contribution is -2.58. The van der Waals surface area contributed by atoms with Crippen molar-refractivity contribution in [1.82, 2.24) is 15.3 Å². The lowest BCUT2D eigenvalue weighted by molar-refractivity contribution is -0.234. The zero-order valence-electron chi connectivity index (χ0n) is 16.3. The molecule has 2 aromatic rings. The van der Waals surface area contributed by atoms with E-state index in [1.54, 1.807) is 0 Å². The molecule has 0 aliphatic carbocycles. The molecule has 1 aromatic heterocycles. The highest BCUT2D eigenvalue weighted by Crippen LogP contribution is 2.33. The lowest BCUT2D eigenvalue weighted by atomic mass is 10.1. The Hall–Kier alpha value is -2.97. The summed E-state index contributed by atoms with van der Waals surface area (Å²) in [4.78, 5) is 22.1. The van der Waals surface area contributed by atoms with E-state index in [1.165, 1.54) is 43.3 Å². The molecule has 2 N–H and O–H groups in total. The van der Waals surface area contributed by atoms with Gasteiger partial charge in [-0.15, -0.1) is 0 Å². The van der Waals surface area contributed by atoms with E-state index in [-0.39, 0.29) is 29.7 Å². The summed E-state index contributed by atoms with van der Waals surface area (Å²) in [6.07, 6.45) is -5.55. The van der Waals surface area contributed by atoms with E-state index in [4.69, 9.17) is 4.74 Å². The average Bonchev–Trinajstić information content (AvgIpc) is 2.69. The minimum atomic E-state index is -4.69. The number of morpholine rings is 1. The van der Waals surface area contributed by atoms with E-state index < -0.39 is 36.4 Å². The Kier molecular flexibility index (Phi) is 5.83. The maximum absolute atomic E-state index is 13.5. The van der Waals surface area contributed by atoms with Crippen molar-refractivity contribution in [2.24, 2.45) is 0 Å². The Labute approximate surface area is 170 Å². The molecular formula is C19H20F3N5O3. The maximum Gasteiger partial charge on any atom is 0.416 e. The zero-order valence-corrected chi connectivity index (χ0v) is 16.3. The first kappa shape index (κ1) is 21.7. The Bertz CT molecular complexity index is 984. The number of anilines is 1. The fourth-order valence-corrected chi connectivity index (χ4v) is 3.09. The van der Waals surface area contributed by atoms with Crippen LogP contribution in [0.1, 0.15) is 19.4 Å². The smallest absolute Gasteiger partial charge is 0.389 e. The summed E-state index contributed by atoms with van der Waals surface area (Å²) in [5, 5.41) is 21.4. The summed E-state index contributed by atoms with van der Waals surface area (Å²) in [6, 6.07) is 4.92. The van der Waals surface area contributed by atoms with E-state index >= 15 is 0 Å². The number of hydrogen-bond acceptors (Lipinski definition) is 7. The predicted molar refractivity (Wildman–Crippen MR) is 100 cm³/mol. The first-order valence-electron chi connectivity index (χ1n) is 9.10. The van der Waals surface area contributed by atoms with E-state index in [0.29, 0.717) is 5.69 Å². The number of carbonyl (C=O) groups is 1. The SMILES string of the molecule is CC(C)(O)CNC(=O)C1CN(c2ccc(C#N)c3nccnc23)CC(C(F)(F)F)O1. The largest absolute Gasteiger partial charge is 0.416 e. The number of hydrogen-bond donors (Lipinski definition) is 2. The van der Waals surface area contributed by atoms with E-state index in [2.05, 4.69) is 15.3 Å². The van der Waals surface area contributed by atoms with Gasteiger partial charge in [-0.25, -0.2) is 0 Å². The predicted octanol–water partition coefficient (Wildman–Crippen LogP) is 1.52. The van der Waals surface area contributed by atoms with E-state index in [0.717, 1.165) is 0 Å².